The molecule has 0 atom stereocenters. The second kappa shape index (κ2) is 6.63. The van der Waals surface area contributed by atoms with Crippen LogP contribution in [0.15, 0.2) is 54.6 Å². The van der Waals surface area contributed by atoms with E-state index in [9.17, 15) is 9.90 Å². The first-order chi connectivity index (χ1) is 11.5. The Morgan fingerprint density at radius 2 is 1.42 bits per heavy atom. The van der Waals surface area contributed by atoms with Gasteiger partial charge in [0.05, 0.1) is 17.0 Å². The van der Waals surface area contributed by atoms with E-state index < -0.39 is 5.97 Å². The van der Waals surface area contributed by atoms with Crippen LogP contribution in [0.3, 0.4) is 0 Å². The number of pyridine rings is 1. The van der Waals surface area contributed by atoms with Crippen molar-refractivity contribution in [2.24, 2.45) is 0 Å². The summed E-state index contributed by atoms with van der Waals surface area (Å²) in [6, 6.07) is 15.9. The molecule has 0 aliphatic heterocycles. The van der Waals surface area contributed by atoms with Crippen molar-refractivity contribution in [3.8, 4) is 22.5 Å². The zero-order valence-electron chi connectivity index (χ0n) is 12.8. The smallest absolute Gasteiger partial charge is 0.336 e. The number of halogens is 2. The second-order valence-electron chi connectivity index (χ2n) is 5.35. The third-order valence-electron chi connectivity index (χ3n) is 3.76. The lowest BCUT2D eigenvalue weighted by molar-refractivity contribution is 0.0696. The third kappa shape index (κ3) is 3.28. The van der Waals surface area contributed by atoms with Gasteiger partial charge in [-0.2, -0.15) is 0 Å². The molecule has 1 heterocycles. The predicted molar refractivity (Wildman–Crippen MR) is 96.8 cm³/mol. The molecule has 120 valence electrons. The van der Waals surface area contributed by atoms with Gasteiger partial charge in [-0.25, -0.2) is 9.78 Å². The minimum absolute atomic E-state index is 0.222. The molecule has 0 amide bonds. The fraction of sp³-hybridized carbons (Fsp3) is 0.0526. The molecule has 5 heteroatoms. The lowest BCUT2D eigenvalue weighted by Gasteiger charge is -2.12. The van der Waals surface area contributed by atoms with Gasteiger partial charge in [-0.1, -0.05) is 47.5 Å². The van der Waals surface area contributed by atoms with Crippen LogP contribution in [0.25, 0.3) is 22.5 Å². The standard InChI is InChI=1S/C19H13Cl2NO2/c1-11-16(19(23)24)10-17(12-2-6-14(20)7-3-12)22-18(11)13-4-8-15(21)9-5-13/h2-10H,1H3,(H,23,24). The summed E-state index contributed by atoms with van der Waals surface area (Å²) in [6.45, 7) is 1.76. The van der Waals surface area contributed by atoms with Crippen molar-refractivity contribution in [1.82, 2.24) is 4.98 Å². The van der Waals surface area contributed by atoms with Crippen molar-refractivity contribution in [2.45, 2.75) is 6.92 Å². The van der Waals surface area contributed by atoms with Crippen molar-refractivity contribution in [2.75, 3.05) is 0 Å². The highest BCUT2D eigenvalue weighted by molar-refractivity contribution is 6.30. The van der Waals surface area contributed by atoms with Gasteiger partial charge in [0, 0.05) is 21.2 Å². The Hall–Kier alpha value is -2.36. The first-order valence-corrected chi connectivity index (χ1v) is 7.98. The molecule has 1 aromatic heterocycles. The first kappa shape index (κ1) is 16.5. The third-order valence-corrected chi connectivity index (χ3v) is 4.26. The highest BCUT2D eigenvalue weighted by Crippen LogP contribution is 2.30. The topological polar surface area (TPSA) is 50.2 Å². The van der Waals surface area contributed by atoms with Gasteiger partial charge in [0.2, 0.25) is 0 Å². The molecule has 0 bridgehead atoms. The van der Waals surface area contributed by atoms with Gasteiger partial charge in [-0.3, -0.25) is 0 Å². The van der Waals surface area contributed by atoms with E-state index >= 15 is 0 Å². The van der Waals surface area contributed by atoms with Crippen LogP contribution in [0.2, 0.25) is 10.0 Å². The normalized spacial score (nSPS) is 10.6. The van der Waals surface area contributed by atoms with Gasteiger partial charge in [-0.15, -0.1) is 0 Å². The van der Waals surface area contributed by atoms with E-state index in [0.29, 0.717) is 27.0 Å². The van der Waals surface area contributed by atoms with Crippen molar-refractivity contribution < 1.29 is 9.90 Å². The van der Waals surface area contributed by atoms with Crippen molar-refractivity contribution in [1.29, 1.82) is 0 Å². The molecular weight excluding hydrogens is 345 g/mol. The summed E-state index contributed by atoms with van der Waals surface area (Å²) in [6.07, 6.45) is 0. The van der Waals surface area contributed by atoms with E-state index in [-0.39, 0.29) is 5.56 Å². The minimum atomic E-state index is -0.986. The van der Waals surface area contributed by atoms with Crippen LogP contribution in [0.4, 0.5) is 0 Å². The van der Waals surface area contributed by atoms with Gasteiger partial charge in [-0.05, 0) is 42.8 Å². The van der Waals surface area contributed by atoms with E-state index in [1.807, 2.05) is 24.3 Å². The number of carbonyl (C=O) groups is 1. The molecule has 0 aliphatic rings. The average Bonchev–Trinajstić information content (AvgIpc) is 2.56. The molecule has 3 nitrogen and oxygen atoms in total. The van der Waals surface area contributed by atoms with Crippen molar-refractivity contribution >= 4 is 29.2 Å². The van der Waals surface area contributed by atoms with Crippen LogP contribution >= 0.6 is 23.2 Å². The molecule has 2 aromatic carbocycles. The van der Waals surface area contributed by atoms with E-state index in [1.165, 1.54) is 0 Å². The number of hydrogen-bond acceptors (Lipinski definition) is 2. The number of aromatic carboxylic acids is 1. The maximum atomic E-state index is 11.6. The van der Waals surface area contributed by atoms with Gasteiger partial charge in [0.15, 0.2) is 0 Å². The van der Waals surface area contributed by atoms with E-state index in [2.05, 4.69) is 4.98 Å². The van der Waals surface area contributed by atoms with Gasteiger partial charge < -0.3 is 5.11 Å². The summed E-state index contributed by atoms with van der Waals surface area (Å²) >= 11 is 11.9. The molecule has 0 fully saturated rings. The van der Waals surface area contributed by atoms with Crippen LogP contribution in [-0.4, -0.2) is 16.1 Å². The SMILES string of the molecule is Cc1c(C(=O)O)cc(-c2ccc(Cl)cc2)nc1-c1ccc(Cl)cc1. The number of benzene rings is 2. The molecule has 1 N–H and O–H groups in total. The molecule has 0 saturated heterocycles. The molecule has 0 radical (unpaired) electrons. The number of nitrogens with zero attached hydrogens (tertiary/aromatic N) is 1. The number of carboxylic acid groups (broad SMARTS) is 1. The van der Waals surface area contributed by atoms with Crippen LogP contribution < -0.4 is 0 Å². The van der Waals surface area contributed by atoms with Crippen LogP contribution in [0.5, 0.6) is 0 Å². The quantitative estimate of drug-likeness (QED) is 0.651. The summed E-state index contributed by atoms with van der Waals surface area (Å²) in [4.78, 5) is 16.3. The number of aromatic nitrogens is 1. The predicted octanol–water partition coefficient (Wildman–Crippen LogP) is 5.73. The molecule has 0 aliphatic carbocycles. The molecular formula is C19H13Cl2NO2. The van der Waals surface area contributed by atoms with Crippen LogP contribution in [-0.2, 0) is 0 Å². The molecule has 0 unspecified atom stereocenters. The Kier molecular flexibility index (Phi) is 4.56. The maximum Gasteiger partial charge on any atom is 0.336 e. The first-order valence-electron chi connectivity index (χ1n) is 7.22. The fourth-order valence-electron chi connectivity index (χ4n) is 2.49. The van der Waals surface area contributed by atoms with Gasteiger partial charge >= 0.3 is 5.97 Å². The Morgan fingerprint density at radius 3 is 1.92 bits per heavy atom. The molecule has 3 rings (SSSR count). The monoisotopic (exact) mass is 357 g/mol. The highest BCUT2D eigenvalue weighted by Gasteiger charge is 2.16. The van der Waals surface area contributed by atoms with E-state index in [1.54, 1.807) is 37.3 Å². The molecule has 3 aromatic rings. The zero-order valence-corrected chi connectivity index (χ0v) is 14.3. The zero-order chi connectivity index (χ0) is 17.3. The summed E-state index contributed by atoms with van der Waals surface area (Å²) in [5.74, 6) is -0.986. The minimum Gasteiger partial charge on any atom is -0.478 e. The number of carboxylic acids is 1. The fourth-order valence-corrected chi connectivity index (χ4v) is 2.74. The second-order valence-corrected chi connectivity index (χ2v) is 6.22. The highest BCUT2D eigenvalue weighted by atomic mass is 35.5. The Morgan fingerprint density at radius 1 is 0.917 bits per heavy atom. The van der Waals surface area contributed by atoms with Gasteiger partial charge in [0.1, 0.15) is 0 Å². The largest absolute Gasteiger partial charge is 0.478 e. The average molecular weight is 358 g/mol. The van der Waals surface area contributed by atoms with Crippen LogP contribution in [0, 0.1) is 6.92 Å². The summed E-state index contributed by atoms with van der Waals surface area (Å²) in [7, 11) is 0. The molecule has 0 saturated carbocycles. The lowest BCUT2D eigenvalue weighted by Crippen LogP contribution is -2.04. The van der Waals surface area contributed by atoms with Gasteiger partial charge in [0.25, 0.3) is 0 Å². The molecule has 24 heavy (non-hydrogen) atoms. The Bertz CT molecular complexity index is 904. The lowest BCUT2D eigenvalue weighted by atomic mass is 9.99. The van der Waals surface area contributed by atoms with Crippen molar-refractivity contribution in [3.05, 3.63) is 75.8 Å². The van der Waals surface area contributed by atoms with E-state index in [0.717, 1.165) is 11.1 Å². The maximum absolute atomic E-state index is 11.6. The summed E-state index contributed by atoms with van der Waals surface area (Å²) < 4.78 is 0. The Labute approximate surface area is 149 Å². The van der Waals surface area contributed by atoms with E-state index in [4.69, 9.17) is 23.2 Å². The number of hydrogen-bond donors (Lipinski definition) is 1. The summed E-state index contributed by atoms with van der Waals surface area (Å²) in [5.41, 5.74) is 3.66. The summed E-state index contributed by atoms with van der Waals surface area (Å²) in [5, 5.41) is 10.8. The Balaban J connectivity index is 2.22. The van der Waals surface area contributed by atoms with Crippen molar-refractivity contribution in [3.63, 3.8) is 0 Å². The molecule has 0 spiro atoms. The van der Waals surface area contributed by atoms with Crippen LogP contribution in [0.1, 0.15) is 15.9 Å². The number of rotatable bonds is 3.